The summed E-state index contributed by atoms with van der Waals surface area (Å²) in [6, 6.07) is 14.2. The van der Waals surface area contributed by atoms with E-state index in [1.54, 1.807) is 22.8 Å². The molecule has 0 N–H and O–H groups in total. The molecule has 1 unspecified atom stereocenters. The minimum absolute atomic E-state index is 0.354. The number of aromatic nitrogens is 1. The lowest BCUT2D eigenvalue weighted by Crippen LogP contribution is -2.28. The fourth-order valence-electron chi connectivity index (χ4n) is 2.73. The maximum absolute atomic E-state index is 12.6. The third-order valence-electron chi connectivity index (χ3n) is 3.97. The van der Waals surface area contributed by atoms with Crippen LogP contribution in [0.4, 0.5) is 0 Å². The number of amides is 1. The first-order valence-electron chi connectivity index (χ1n) is 8.07. The summed E-state index contributed by atoms with van der Waals surface area (Å²) < 4.78 is 8.51. The number of rotatable bonds is 4. The molecular weight excluding hydrogens is 416 g/mol. The third-order valence-corrected chi connectivity index (χ3v) is 5.50. The molecular formula is C19H17BrN2O3S. The Bertz CT molecular complexity index is 1040. The Morgan fingerprint density at radius 2 is 2.00 bits per heavy atom. The fourth-order valence-corrected chi connectivity index (χ4v) is 4.20. The van der Waals surface area contributed by atoms with E-state index in [0.717, 1.165) is 14.7 Å². The molecule has 0 aliphatic rings. The van der Waals surface area contributed by atoms with E-state index >= 15 is 0 Å². The molecule has 7 heteroatoms. The molecule has 0 aliphatic heterocycles. The van der Waals surface area contributed by atoms with Crippen LogP contribution in [0.1, 0.15) is 29.7 Å². The highest BCUT2D eigenvalue weighted by Crippen LogP contribution is 2.23. The van der Waals surface area contributed by atoms with Crippen molar-refractivity contribution in [2.24, 2.45) is 4.99 Å². The van der Waals surface area contributed by atoms with Crippen LogP contribution in [0.25, 0.3) is 10.2 Å². The Hall–Kier alpha value is -2.25. The lowest BCUT2D eigenvalue weighted by molar-refractivity contribution is -0.144. The number of benzene rings is 2. The molecule has 0 saturated heterocycles. The number of ether oxygens (including phenoxy) is 1. The van der Waals surface area contributed by atoms with E-state index in [2.05, 4.69) is 20.9 Å². The highest BCUT2D eigenvalue weighted by molar-refractivity contribution is 9.10. The second kappa shape index (κ2) is 7.97. The van der Waals surface area contributed by atoms with Crippen molar-refractivity contribution in [1.29, 1.82) is 0 Å². The molecule has 1 atom stereocenters. The van der Waals surface area contributed by atoms with Crippen molar-refractivity contribution in [1.82, 2.24) is 4.57 Å². The quantitative estimate of drug-likeness (QED) is 0.576. The standard InChI is InChI=1S/C19H17BrN2O3S/c1-3-14(18(24)25-2)22-15-9-4-5-10-16(15)26-19(22)21-17(23)12-7-6-8-13(20)11-12/h4-11,14H,3H2,1-2H3. The Balaban J connectivity index is 2.20. The summed E-state index contributed by atoms with van der Waals surface area (Å²) in [5.41, 5.74) is 1.34. The normalized spacial score (nSPS) is 13.0. The molecule has 3 rings (SSSR count). The number of methoxy groups -OCH3 is 1. The summed E-state index contributed by atoms with van der Waals surface area (Å²) in [7, 11) is 1.36. The van der Waals surface area contributed by atoms with Crippen molar-refractivity contribution >= 4 is 49.4 Å². The lowest BCUT2D eigenvalue weighted by Gasteiger charge is -2.15. The molecule has 3 aromatic rings. The van der Waals surface area contributed by atoms with Gasteiger partial charge in [0.15, 0.2) is 4.80 Å². The topological polar surface area (TPSA) is 60.7 Å². The summed E-state index contributed by atoms with van der Waals surface area (Å²) in [6.07, 6.45) is 0.533. The van der Waals surface area contributed by atoms with Gasteiger partial charge in [0, 0.05) is 10.0 Å². The fraction of sp³-hybridized carbons (Fsp3) is 0.211. The van der Waals surface area contributed by atoms with E-state index in [0.29, 0.717) is 16.8 Å². The number of esters is 1. The van der Waals surface area contributed by atoms with Gasteiger partial charge in [0.05, 0.1) is 17.3 Å². The van der Waals surface area contributed by atoms with E-state index < -0.39 is 6.04 Å². The molecule has 2 aromatic carbocycles. The van der Waals surface area contributed by atoms with E-state index in [-0.39, 0.29) is 11.9 Å². The summed E-state index contributed by atoms with van der Waals surface area (Å²) in [4.78, 5) is 29.7. The molecule has 0 radical (unpaired) electrons. The van der Waals surface area contributed by atoms with Gasteiger partial charge in [-0.3, -0.25) is 4.79 Å². The molecule has 1 aromatic heterocycles. The number of carbonyl (C=O) groups excluding carboxylic acids is 2. The van der Waals surface area contributed by atoms with Gasteiger partial charge in [-0.1, -0.05) is 52.4 Å². The zero-order valence-electron chi connectivity index (χ0n) is 14.3. The van der Waals surface area contributed by atoms with Gasteiger partial charge in [-0.25, -0.2) is 4.79 Å². The number of hydrogen-bond acceptors (Lipinski definition) is 4. The van der Waals surface area contributed by atoms with Gasteiger partial charge >= 0.3 is 5.97 Å². The summed E-state index contributed by atoms with van der Waals surface area (Å²) in [6.45, 7) is 1.90. The first-order chi connectivity index (χ1) is 12.5. The average Bonchev–Trinajstić information content (AvgIpc) is 3.00. The summed E-state index contributed by atoms with van der Waals surface area (Å²) in [5.74, 6) is -0.710. The average molecular weight is 433 g/mol. The maximum Gasteiger partial charge on any atom is 0.328 e. The Morgan fingerprint density at radius 3 is 2.69 bits per heavy atom. The number of thiazole rings is 1. The largest absolute Gasteiger partial charge is 0.467 e. The zero-order chi connectivity index (χ0) is 18.7. The number of carbonyl (C=O) groups is 2. The summed E-state index contributed by atoms with van der Waals surface area (Å²) in [5, 5.41) is 0. The van der Waals surface area contributed by atoms with Crippen LogP contribution in [0, 0.1) is 0 Å². The Labute approximate surface area is 163 Å². The van der Waals surface area contributed by atoms with Gasteiger partial charge in [-0.15, -0.1) is 0 Å². The van der Waals surface area contributed by atoms with Gasteiger partial charge in [0.1, 0.15) is 6.04 Å². The molecule has 1 amide bonds. The minimum atomic E-state index is -0.537. The number of para-hydroxylation sites is 1. The van der Waals surface area contributed by atoms with Crippen molar-refractivity contribution in [3.05, 3.63) is 63.4 Å². The van der Waals surface area contributed by atoms with Gasteiger partial charge in [-0.05, 0) is 36.8 Å². The van der Waals surface area contributed by atoms with Gasteiger partial charge in [0.25, 0.3) is 5.91 Å². The van der Waals surface area contributed by atoms with E-state index in [1.807, 2.05) is 37.3 Å². The SMILES string of the molecule is CCC(C(=O)OC)n1c(=NC(=O)c2cccc(Br)c2)sc2ccccc21. The molecule has 0 fully saturated rings. The van der Waals surface area contributed by atoms with Crippen LogP contribution in [-0.2, 0) is 9.53 Å². The first-order valence-corrected chi connectivity index (χ1v) is 9.68. The number of halogens is 1. The minimum Gasteiger partial charge on any atom is -0.467 e. The van der Waals surface area contributed by atoms with Crippen LogP contribution in [-0.4, -0.2) is 23.6 Å². The van der Waals surface area contributed by atoms with Crippen LogP contribution in [0.5, 0.6) is 0 Å². The monoisotopic (exact) mass is 432 g/mol. The predicted molar refractivity (Wildman–Crippen MR) is 105 cm³/mol. The van der Waals surface area contributed by atoms with E-state index in [4.69, 9.17) is 4.74 Å². The second-order valence-corrected chi connectivity index (χ2v) is 7.52. The van der Waals surface area contributed by atoms with Crippen molar-refractivity contribution in [2.75, 3.05) is 7.11 Å². The second-order valence-electron chi connectivity index (χ2n) is 5.60. The maximum atomic E-state index is 12.6. The molecule has 1 heterocycles. The van der Waals surface area contributed by atoms with Crippen molar-refractivity contribution < 1.29 is 14.3 Å². The molecule has 0 aliphatic carbocycles. The van der Waals surface area contributed by atoms with Crippen molar-refractivity contribution in [2.45, 2.75) is 19.4 Å². The Kier molecular flexibility index (Phi) is 5.68. The van der Waals surface area contributed by atoms with Crippen molar-refractivity contribution in [3.8, 4) is 0 Å². The highest BCUT2D eigenvalue weighted by Gasteiger charge is 2.23. The first kappa shape index (κ1) is 18.5. The predicted octanol–water partition coefficient (Wildman–Crippen LogP) is 4.33. The van der Waals surface area contributed by atoms with E-state index in [9.17, 15) is 9.59 Å². The molecule has 0 saturated carbocycles. The molecule has 0 bridgehead atoms. The number of hydrogen-bond donors (Lipinski definition) is 0. The van der Waals surface area contributed by atoms with Crippen molar-refractivity contribution in [3.63, 3.8) is 0 Å². The smallest absolute Gasteiger partial charge is 0.328 e. The van der Waals surface area contributed by atoms with Gasteiger partial charge < -0.3 is 9.30 Å². The van der Waals surface area contributed by atoms with Crippen LogP contribution in [0.15, 0.2) is 58.0 Å². The van der Waals surface area contributed by atoms with E-state index in [1.165, 1.54) is 18.4 Å². The van der Waals surface area contributed by atoms with Crippen LogP contribution < -0.4 is 4.80 Å². The van der Waals surface area contributed by atoms with Crippen LogP contribution in [0.2, 0.25) is 0 Å². The van der Waals surface area contributed by atoms with Crippen LogP contribution >= 0.6 is 27.3 Å². The number of nitrogens with zero attached hydrogens (tertiary/aromatic N) is 2. The van der Waals surface area contributed by atoms with Crippen LogP contribution in [0.3, 0.4) is 0 Å². The number of fused-ring (bicyclic) bond motifs is 1. The van der Waals surface area contributed by atoms with Gasteiger partial charge in [-0.2, -0.15) is 4.99 Å². The lowest BCUT2D eigenvalue weighted by atomic mass is 10.2. The van der Waals surface area contributed by atoms with Gasteiger partial charge in [0.2, 0.25) is 0 Å². The third kappa shape index (κ3) is 3.64. The zero-order valence-corrected chi connectivity index (χ0v) is 16.7. The molecule has 26 heavy (non-hydrogen) atoms. The molecule has 5 nitrogen and oxygen atoms in total. The molecule has 0 spiro atoms. The highest BCUT2D eigenvalue weighted by atomic mass is 79.9. The summed E-state index contributed by atoms with van der Waals surface area (Å²) >= 11 is 4.74. The Morgan fingerprint density at radius 1 is 1.23 bits per heavy atom. The molecule has 134 valence electrons.